The van der Waals surface area contributed by atoms with Crippen molar-refractivity contribution in [3.8, 4) is 6.07 Å². The van der Waals surface area contributed by atoms with Crippen LogP contribution < -0.4 is 11.1 Å². The normalized spacial score (nSPS) is 15.6. The predicted octanol–water partition coefficient (Wildman–Crippen LogP) is 4.25. The number of nitrogens with two attached hydrogens (primary N) is 1. The minimum absolute atomic E-state index is 0.207. The van der Waals surface area contributed by atoms with Crippen molar-refractivity contribution in [3.05, 3.63) is 46.3 Å². The van der Waals surface area contributed by atoms with Gasteiger partial charge >= 0.3 is 0 Å². The lowest BCUT2D eigenvalue weighted by Crippen LogP contribution is -2.06. The van der Waals surface area contributed by atoms with E-state index in [1.807, 2.05) is 18.2 Å². The Balaban J connectivity index is 1.89. The van der Waals surface area contributed by atoms with Gasteiger partial charge in [-0.2, -0.15) is 5.26 Å². The molecule has 3 rings (SSSR count). The Labute approximate surface area is 123 Å². The maximum Gasteiger partial charge on any atom is 0.130 e. The van der Waals surface area contributed by atoms with Crippen LogP contribution in [0.3, 0.4) is 0 Å². The third-order valence-corrected chi connectivity index (χ3v) is 4.78. The van der Waals surface area contributed by atoms with Crippen molar-refractivity contribution in [1.82, 2.24) is 0 Å². The summed E-state index contributed by atoms with van der Waals surface area (Å²) in [6.45, 7) is 2.13. The van der Waals surface area contributed by atoms with Crippen LogP contribution in [-0.4, -0.2) is 0 Å². The first-order valence-corrected chi connectivity index (χ1v) is 7.66. The van der Waals surface area contributed by atoms with Crippen LogP contribution in [0.2, 0.25) is 0 Å². The second kappa shape index (κ2) is 5.18. The molecule has 1 fully saturated rings. The summed E-state index contributed by atoms with van der Waals surface area (Å²) in [5.74, 6) is 0.541. The van der Waals surface area contributed by atoms with E-state index in [-0.39, 0.29) is 6.04 Å². The highest BCUT2D eigenvalue weighted by Gasteiger charge is 2.31. The van der Waals surface area contributed by atoms with Crippen LogP contribution in [-0.2, 0) is 0 Å². The number of nitrogens with zero attached hydrogens (tertiary/aromatic N) is 1. The molecule has 20 heavy (non-hydrogen) atoms. The van der Waals surface area contributed by atoms with Gasteiger partial charge in [-0.3, -0.25) is 0 Å². The summed E-state index contributed by atoms with van der Waals surface area (Å²) in [6, 6.07) is 12.7. The van der Waals surface area contributed by atoms with Crippen LogP contribution in [0.4, 0.5) is 10.7 Å². The molecule has 102 valence electrons. The fourth-order valence-electron chi connectivity index (χ4n) is 2.45. The molecule has 1 aromatic heterocycles. The van der Waals surface area contributed by atoms with Gasteiger partial charge in [0.05, 0.1) is 10.7 Å². The molecular weight excluding hydrogens is 266 g/mol. The quantitative estimate of drug-likeness (QED) is 0.881. The van der Waals surface area contributed by atoms with Gasteiger partial charge in [0.1, 0.15) is 10.9 Å². The zero-order valence-electron chi connectivity index (χ0n) is 11.4. The van der Waals surface area contributed by atoms with Gasteiger partial charge in [-0.25, -0.2) is 0 Å². The minimum Gasteiger partial charge on any atom is -0.397 e. The molecule has 1 aliphatic rings. The van der Waals surface area contributed by atoms with E-state index in [1.54, 1.807) is 0 Å². The molecule has 1 unspecified atom stereocenters. The van der Waals surface area contributed by atoms with Gasteiger partial charge in [0.2, 0.25) is 0 Å². The number of benzene rings is 1. The standard InChI is InChI=1S/C16H17N3S/c1-10(11-5-3-2-4-6-11)19-16-14(12-7-8-12)15(18)13(9-17)20-16/h2-6,10,12,19H,7-8,18H2,1H3. The molecule has 0 saturated heterocycles. The van der Waals surface area contributed by atoms with E-state index in [1.165, 1.54) is 29.7 Å². The molecule has 1 aromatic carbocycles. The fraction of sp³-hybridized carbons (Fsp3) is 0.312. The highest BCUT2D eigenvalue weighted by Crippen LogP contribution is 2.51. The molecule has 0 aliphatic heterocycles. The molecule has 0 radical (unpaired) electrons. The number of thiophene rings is 1. The molecule has 1 aliphatic carbocycles. The Kier molecular flexibility index (Phi) is 3.37. The number of anilines is 2. The van der Waals surface area contributed by atoms with Crippen LogP contribution in [0.5, 0.6) is 0 Å². The number of nitrogens with one attached hydrogen (secondary N) is 1. The Morgan fingerprint density at radius 3 is 2.65 bits per heavy atom. The van der Waals surface area contributed by atoms with Gasteiger partial charge < -0.3 is 11.1 Å². The predicted molar refractivity (Wildman–Crippen MR) is 83.9 cm³/mol. The number of nitriles is 1. The molecule has 1 saturated carbocycles. The maximum absolute atomic E-state index is 9.16. The average molecular weight is 283 g/mol. The van der Waals surface area contributed by atoms with E-state index in [0.717, 1.165) is 10.6 Å². The average Bonchev–Trinajstić information content (AvgIpc) is 3.25. The Morgan fingerprint density at radius 2 is 2.05 bits per heavy atom. The topological polar surface area (TPSA) is 61.8 Å². The third kappa shape index (κ3) is 2.37. The number of hydrogen-bond acceptors (Lipinski definition) is 4. The molecule has 3 N–H and O–H groups in total. The summed E-state index contributed by atoms with van der Waals surface area (Å²) >= 11 is 1.48. The van der Waals surface area contributed by atoms with Crippen LogP contribution in [0.1, 0.15) is 47.7 Å². The summed E-state index contributed by atoms with van der Waals surface area (Å²) in [5.41, 5.74) is 9.20. The van der Waals surface area contributed by atoms with E-state index in [4.69, 9.17) is 11.0 Å². The van der Waals surface area contributed by atoms with Crippen LogP contribution >= 0.6 is 11.3 Å². The molecule has 2 aromatic rings. The molecule has 0 bridgehead atoms. The number of nitrogen functional groups attached to an aromatic ring is 1. The molecule has 0 amide bonds. The van der Waals surface area contributed by atoms with E-state index < -0.39 is 0 Å². The smallest absolute Gasteiger partial charge is 0.130 e. The van der Waals surface area contributed by atoms with Gasteiger partial charge in [-0.1, -0.05) is 30.3 Å². The van der Waals surface area contributed by atoms with Gasteiger partial charge in [0.25, 0.3) is 0 Å². The first-order valence-electron chi connectivity index (χ1n) is 6.84. The zero-order chi connectivity index (χ0) is 14.1. The van der Waals surface area contributed by atoms with Crippen molar-refractivity contribution < 1.29 is 0 Å². The number of rotatable bonds is 4. The molecule has 4 heteroatoms. The Bertz CT molecular complexity index is 650. The highest BCUT2D eigenvalue weighted by molar-refractivity contribution is 7.17. The fourth-order valence-corrected chi connectivity index (χ4v) is 3.54. The van der Waals surface area contributed by atoms with E-state index in [9.17, 15) is 0 Å². The third-order valence-electron chi connectivity index (χ3n) is 3.72. The van der Waals surface area contributed by atoms with Crippen molar-refractivity contribution in [1.29, 1.82) is 5.26 Å². The SMILES string of the molecule is CC(Nc1sc(C#N)c(N)c1C1CC1)c1ccccc1. The van der Waals surface area contributed by atoms with Crippen molar-refractivity contribution in [2.45, 2.75) is 31.7 Å². The first-order chi connectivity index (χ1) is 9.70. The second-order valence-electron chi connectivity index (χ2n) is 5.25. The molecule has 3 nitrogen and oxygen atoms in total. The van der Waals surface area contributed by atoms with E-state index in [2.05, 4.69) is 30.4 Å². The van der Waals surface area contributed by atoms with Crippen molar-refractivity contribution >= 4 is 22.0 Å². The minimum atomic E-state index is 0.207. The van der Waals surface area contributed by atoms with Crippen molar-refractivity contribution in [2.24, 2.45) is 0 Å². The van der Waals surface area contributed by atoms with Crippen LogP contribution in [0.15, 0.2) is 30.3 Å². The van der Waals surface area contributed by atoms with Gasteiger partial charge in [0, 0.05) is 11.6 Å². The molecule has 1 atom stereocenters. The van der Waals surface area contributed by atoms with Crippen molar-refractivity contribution in [2.75, 3.05) is 11.1 Å². The Hall–Kier alpha value is -1.99. The van der Waals surface area contributed by atoms with Gasteiger partial charge in [-0.15, -0.1) is 11.3 Å². The molecule has 1 heterocycles. The first kappa shape index (κ1) is 13.0. The van der Waals surface area contributed by atoms with Crippen molar-refractivity contribution in [3.63, 3.8) is 0 Å². The molecular formula is C16H17N3S. The van der Waals surface area contributed by atoms with E-state index >= 15 is 0 Å². The monoisotopic (exact) mass is 283 g/mol. The highest BCUT2D eigenvalue weighted by atomic mass is 32.1. The summed E-state index contributed by atoms with van der Waals surface area (Å²) in [6.07, 6.45) is 2.36. The summed E-state index contributed by atoms with van der Waals surface area (Å²) in [7, 11) is 0. The lowest BCUT2D eigenvalue weighted by Gasteiger charge is -2.15. The Morgan fingerprint density at radius 1 is 1.35 bits per heavy atom. The van der Waals surface area contributed by atoms with Gasteiger partial charge in [-0.05, 0) is 31.2 Å². The van der Waals surface area contributed by atoms with E-state index in [0.29, 0.717) is 16.5 Å². The zero-order valence-corrected chi connectivity index (χ0v) is 12.2. The maximum atomic E-state index is 9.16. The second-order valence-corrected chi connectivity index (χ2v) is 6.27. The summed E-state index contributed by atoms with van der Waals surface area (Å²) in [4.78, 5) is 0.634. The molecule has 0 spiro atoms. The van der Waals surface area contributed by atoms with Gasteiger partial charge in [0.15, 0.2) is 0 Å². The summed E-state index contributed by atoms with van der Waals surface area (Å²) in [5, 5.41) is 13.8. The number of hydrogen-bond donors (Lipinski definition) is 2. The summed E-state index contributed by atoms with van der Waals surface area (Å²) < 4.78 is 0. The lowest BCUT2D eigenvalue weighted by molar-refractivity contribution is 0.885. The lowest BCUT2D eigenvalue weighted by atomic mass is 10.1. The van der Waals surface area contributed by atoms with Crippen LogP contribution in [0.25, 0.3) is 0 Å². The van der Waals surface area contributed by atoms with Crippen LogP contribution in [0, 0.1) is 11.3 Å². The largest absolute Gasteiger partial charge is 0.397 e.